The number of carbonyl (C=O) groups excluding carboxylic acids is 1. The fourth-order valence-corrected chi connectivity index (χ4v) is 3.19. The number of hydrogen-bond donors (Lipinski definition) is 1. The quantitative estimate of drug-likeness (QED) is 0.798. The molecule has 0 radical (unpaired) electrons. The number of rotatable bonds is 7. The van der Waals surface area contributed by atoms with E-state index in [1.54, 1.807) is 14.2 Å². The van der Waals surface area contributed by atoms with Gasteiger partial charge >= 0.3 is 0 Å². The van der Waals surface area contributed by atoms with Crippen LogP contribution in [0.15, 0.2) is 30.3 Å². The molecule has 2 aromatic rings. The summed E-state index contributed by atoms with van der Waals surface area (Å²) >= 11 is 0. The highest BCUT2D eigenvalue weighted by Gasteiger charge is 2.21. The zero-order valence-electron chi connectivity index (χ0n) is 17.3. The molecule has 146 valence electrons. The van der Waals surface area contributed by atoms with Crippen molar-refractivity contribution in [3.8, 4) is 11.5 Å². The Morgan fingerprint density at radius 3 is 2.26 bits per heavy atom. The Morgan fingerprint density at radius 1 is 1.07 bits per heavy atom. The third-order valence-corrected chi connectivity index (χ3v) is 4.88. The molecule has 2 rings (SSSR count). The van der Waals surface area contributed by atoms with Crippen molar-refractivity contribution < 1.29 is 14.3 Å². The van der Waals surface area contributed by atoms with Crippen molar-refractivity contribution in [1.82, 2.24) is 4.90 Å². The van der Waals surface area contributed by atoms with Gasteiger partial charge in [0, 0.05) is 23.9 Å². The summed E-state index contributed by atoms with van der Waals surface area (Å²) in [7, 11) is 5.20. The molecule has 1 atom stereocenters. The number of nitrogens with zero attached hydrogens (tertiary/aromatic N) is 1. The molecule has 0 saturated carbocycles. The average molecular weight is 370 g/mol. The Labute approximate surface area is 162 Å². The Kier molecular flexibility index (Phi) is 6.86. The Bertz CT molecular complexity index is 794. The number of methoxy groups -OCH3 is 2. The molecule has 5 heteroatoms. The highest BCUT2D eigenvalue weighted by molar-refractivity contribution is 5.95. The number of likely N-dealkylation sites (N-methyl/N-ethyl adjacent to an activating group) is 1. The SMILES string of the molecule is COc1ccc(CN(C)C(C)C(=O)Nc2c(C)cc(C)cc2C)c(OC)c1. The minimum Gasteiger partial charge on any atom is -0.497 e. The predicted molar refractivity (Wildman–Crippen MR) is 110 cm³/mol. The molecule has 0 aliphatic carbocycles. The summed E-state index contributed by atoms with van der Waals surface area (Å²) in [4.78, 5) is 14.8. The molecule has 1 N–H and O–H groups in total. The van der Waals surface area contributed by atoms with E-state index in [9.17, 15) is 4.79 Å². The van der Waals surface area contributed by atoms with E-state index in [0.29, 0.717) is 6.54 Å². The lowest BCUT2D eigenvalue weighted by Gasteiger charge is -2.25. The molecular formula is C22H30N2O3. The molecule has 0 aromatic heterocycles. The summed E-state index contributed by atoms with van der Waals surface area (Å²) in [5, 5.41) is 3.09. The topological polar surface area (TPSA) is 50.8 Å². The molecular weight excluding hydrogens is 340 g/mol. The number of ether oxygens (including phenoxy) is 2. The van der Waals surface area contributed by atoms with E-state index >= 15 is 0 Å². The number of nitrogens with one attached hydrogen (secondary N) is 1. The summed E-state index contributed by atoms with van der Waals surface area (Å²) in [6.07, 6.45) is 0. The molecule has 5 nitrogen and oxygen atoms in total. The minimum absolute atomic E-state index is 0.0277. The summed E-state index contributed by atoms with van der Waals surface area (Å²) in [5.41, 5.74) is 5.25. The zero-order chi connectivity index (χ0) is 20.1. The first kappa shape index (κ1) is 20.8. The van der Waals surface area contributed by atoms with E-state index in [-0.39, 0.29) is 11.9 Å². The van der Waals surface area contributed by atoms with Crippen LogP contribution in [0.25, 0.3) is 0 Å². The highest BCUT2D eigenvalue weighted by atomic mass is 16.5. The standard InChI is InChI=1S/C22H30N2O3/c1-14-10-15(2)21(16(3)11-14)23-22(25)17(4)24(5)13-18-8-9-19(26-6)12-20(18)27-7/h8-12,17H,13H2,1-7H3,(H,23,25). The maximum Gasteiger partial charge on any atom is 0.241 e. The van der Waals surface area contributed by atoms with Crippen LogP contribution in [0.3, 0.4) is 0 Å². The Hall–Kier alpha value is -2.53. The maximum atomic E-state index is 12.8. The van der Waals surface area contributed by atoms with Crippen LogP contribution in [0.4, 0.5) is 5.69 Å². The summed E-state index contributed by atoms with van der Waals surface area (Å²) in [6.45, 7) is 8.60. The van der Waals surface area contributed by atoms with Crippen molar-refractivity contribution >= 4 is 11.6 Å². The smallest absolute Gasteiger partial charge is 0.241 e. The normalized spacial score (nSPS) is 12.0. The van der Waals surface area contributed by atoms with Gasteiger partial charge in [0.15, 0.2) is 0 Å². The summed E-state index contributed by atoms with van der Waals surface area (Å²) < 4.78 is 10.7. The number of amides is 1. The van der Waals surface area contributed by atoms with E-state index in [0.717, 1.165) is 33.9 Å². The number of carbonyl (C=O) groups is 1. The second-order valence-electron chi connectivity index (χ2n) is 7.03. The van der Waals surface area contributed by atoms with Crippen molar-refractivity contribution in [3.05, 3.63) is 52.6 Å². The first-order valence-corrected chi connectivity index (χ1v) is 9.06. The maximum absolute atomic E-state index is 12.8. The summed E-state index contributed by atoms with van der Waals surface area (Å²) in [5.74, 6) is 1.47. The van der Waals surface area contributed by atoms with Gasteiger partial charge in [0.2, 0.25) is 5.91 Å². The lowest BCUT2D eigenvalue weighted by atomic mass is 10.0. The van der Waals surface area contributed by atoms with E-state index in [2.05, 4.69) is 24.4 Å². The fraction of sp³-hybridized carbons (Fsp3) is 0.409. The third kappa shape index (κ3) is 5.01. The van der Waals surface area contributed by atoms with Crippen LogP contribution >= 0.6 is 0 Å². The number of benzene rings is 2. The van der Waals surface area contributed by atoms with Crippen molar-refractivity contribution in [2.24, 2.45) is 0 Å². The monoisotopic (exact) mass is 370 g/mol. The third-order valence-electron chi connectivity index (χ3n) is 4.88. The van der Waals surface area contributed by atoms with Crippen LogP contribution in [0.2, 0.25) is 0 Å². The van der Waals surface area contributed by atoms with E-state index in [1.807, 2.05) is 50.9 Å². The molecule has 0 bridgehead atoms. The molecule has 27 heavy (non-hydrogen) atoms. The van der Waals surface area contributed by atoms with Gasteiger partial charge in [-0.1, -0.05) is 23.8 Å². The minimum atomic E-state index is -0.295. The molecule has 0 aliphatic heterocycles. The number of aryl methyl sites for hydroxylation is 3. The van der Waals surface area contributed by atoms with Crippen molar-refractivity contribution in [2.45, 2.75) is 40.3 Å². The fourth-order valence-electron chi connectivity index (χ4n) is 3.19. The van der Waals surface area contributed by atoms with Gasteiger partial charge in [-0.3, -0.25) is 9.69 Å². The van der Waals surface area contributed by atoms with Crippen molar-refractivity contribution in [3.63, 3.8) is 0 Å². The second kappa shape index (κ2) is 8.91. The van der Waals surface area contributed by atoms with E-state index < -0.39 is 0 Å². The zero-order valence-corrected chi connectivity index (χ0v) is 17.3. The predicted octanol–water partition coefficient (Wildman–Crippen LogP) is 4.09. The van der Waals surface area contributed by atoms with Gasteiger partial charge in [-0.2, -0.15) is 0 Å². The molecule has 0 saturated heterocycles. The van der Waals surface area contributed by atoms with Gasteiger partial charge in [-0.15, -0.1) is 0 Å². The molecule has 0 aliphatic rings. The molecule has 1 amide bonds. The lowest BCUT2D eigenvalue weighted by Crippen LogP contribution is -2.39. The Morgan fingerprint density at radius 2 is 1.70 bits per heavy atom. The van der Waals surface area contributed by atoms with Gasteiger partial charge in [0.1, 0.15) is 11.5 Å². The van der Waals surface area contributed by atoms with Crippen molar-refractivity contribution in [1.29, 1.82) is 0 Å². The lowest BCUT2D eigenvalue weighted by molar-refractivity contribution is -0.120. The van der Waals surface area contributed by atoms with Gasteiger partial charge in [-0.05, 0) is 51.9 Å². The molecule has 0 spiro atoms. The highest BCUT2D eigenvalue weighted by Crippen LogP contribution is 2.26. The molecule has 2 aromatic carbocycles. The van der Waals surface area contributed by atoms with E-state index in [1.165, 1.54) is 5.56 Å². The van der Waals surface area contributed by atoms with Gasteiger partial charge < -0.3 is 14.8 Å². The number of anilines is 1. The first-order valence-electron chi connectivity index (χ1n) is 9.06. The molecule has 0 heterocycles. The van der Waals surface area contributed by atoms with Crippen LogP contribution < -0.4 is 14.8 Å². The van der Waals surface area contributed by atoms with E-state index in [4.69, 9.17) is 9.47 Å². The Balaban J connectivity index is 2.11. The van der Waals surface area contributed by atoms with Crippen LogP contribution in [-0.2, 0) is 11.3 Å². The second-order valence-corrected chi connectivity index (χ2v) is 7.03. The van der Waals surface area contributed by atoms with Crippen LogP contribution in [0, 0.1) is 20.8 Å². The summed E-state index contributed by atoms with van der Waals surface area (Å²) in [6, 6.07) is 9.59. The van der Waals surface area contributed by atoms with Crippen LogP contribution in [0.5, 0.6) is 11.5 Å². The van der Waals surface area contributed by atoms with Crippen LogP contribution in [0.1, 0.15) is 29.2 Å². The van der Waals surface area contributed by atoms with Crippen molar-refractivity contribution in [2.75, 3.05) is 26.6 Å². The molecule has 0 fully saturated rings. The molecule has 1 unspecified atom stereocenters. The van der Waals surface area contributed by atoms with Gasteiger partial charge in [-0.25, -0.2) is 0 Å². The van der Waals surface area contributed by atoms with Gasteiger partial charge in [0.05, 0.1) is 20.3 Å². The first-order chi connectivity index (χ1) is 12.8. The van der Waals surface area contributed by atoms with Crippen LogP contribution in [-0.4, -0.2) is 38.1 Å². The number of hydrogen-bond acceptors (Lipinski definition) is 4. The van der Waals surface area contributed by atoms with Gasteiger partial charge in [0.25, 0.3) is 0 Å². The average Bonchev–Trinajstić information content (AvgIpc) is 2.63. The largest absolute Gasteiger partial charge is 0.497 e.